The number of alkyl halides is 3. The predicted octanol–water partition coefficient (Wildman–Crippen LogP) is 4.61. The minimum Gasteiger partial charge on any atom is -0.320 e. The summed E-state index contributed by atoms with van der Waals surface area (Å²) in [7, 11) is 0. The van der Waals surface area contributed by atoms with E-state index in [-0.39, 0.29) is 5.56 Å². The summed E-state index contributed by atoms with van der Waals surface area (Å²) < 4.78 is 37.9. The molecule has 142 valence electrons. The number of pyridine rings is 1. The van der Waals surface area contributed by atoms with Crippen molar-refractivity contribution in [2.75, 3.05) is 10.6 Å². The molecule has 1 heterocycles. The Balaban J connectivity index is 1.76. The Morgan fingerprint density at radius 1 is 0.750 bits per heavy atom. The van der Waals surface area contributed by atoms with E-state index in [0.717, 1.165) is 24.3 Å². The Hall–Kier alpha value is -3.68. The minimum atomic E-state index is -4.47. The van der Waals surface area contributed by atoms with Crippen LogP contribution in [-0.2, 0) is 6.18 Å². The van der Waals surface area contributed by atoms with Gasteiger partial charge in [0.1, 0.15) is 0 Å². The number of nitrogens with zero attached hydrogens (tertiary/aromatic N) is 1. The van der Waals surface area contributed by atoms with Gasteiger partial charge in [-0.1, -0.05) is 12.1 Å². The van der Waals surface area contributed by atoms with Gasteiger partial charge in [0.25, 0.3) is 11.8 Å². The molecule has 1 aromatic heterocycles. The minimum absolute atomic E-state index is 0.0568. The van der Waals surface area contributed by atoms with Gasteiger partial charge in [0.05, 0.1) is 22.5 Å². The van der Waals surface area contributed by atoms with Crippen LogP contribution in [0.15, 0.2) is 73.1 Å². The third-order valence-electron chi connectivity index (χ3n) is 3.82. The second kappa shape index (κ2) is 7.91. The molecule has 2 N–H and O–H groups in total. The summed E-state index contributed by atoms with van der Waals surface area (Å²) in [4.78, 5) is 28.5. The van der Waals surface area contributed by atoms with E-state index >= 15 is 0 Å². The molecular formula is C20H14F3N3O2. The van der Waals surface area contributed by atoms with Crippen molar-refractivity contribution < 1.29 is 22.8 Å². The Bertz CT molecular complexity index is 988. The van der Waals surface area contributed by atoms with E-state index in [2.05, 4.69) is 15.6 Å². The first-order valence-corrected chi connectivity index (χ1v) is 8.13. The normalized spacial score (nSPS) is 11.0. The Morgan fingerprint density at radius 2 is 1.32 bits per heavy atom. The van der Waals surface area contributed by atoms with Gasteiger partial charge in [0.15, 0.2) is 0 Å². The molecular weight excluding hydrogens is 371 g/mol. The lowest BCUT2D eigenvalue weighted by atomic mass is 10.1. The zero-order valence-corrected chi connectivity index (χ0v) is 14.3. The van der Waals surface area contributed by atoms with Gasteiger partial charge in [-0.3, -0.25) is 14.6 Å². The van der Waals surface area contributed by atoms with Crippen LogP contribution in [0, 0.1) is 0 Å². The number of carbonyl (C=O) groups excluding carboxylic acids is 2. The van der Waals surface area contributed by atoms with Crippen molar-refractivity contribution >= 4 is 23.2 Å². The molecule has 5 nitrogen and oxygen atoms in total. The third kappa shape index (κ3) is 4.53. The van der Waals surface area contributed by atoms with Crippen LogP contribution < -0.4 is 10.6 Å². The quantitative estimate of drug-likeness (QED) is 0.689. The molecule has 3 rings (SSSR count). The third-order valence-corrected chi connectivity index (χ3v) is 3.82. The monoisotopic (exact) mass is 385 g/mol. The van der Waals surface area contributed by atoms with Crippen molar-refractivity contribution in [3.05, 3.63) is 89.7 Å². The van der Waals surface area contributed by atoms with Crippen molar-refractivity contribution in [2.45, 2.75) is 6.18 Å². The van der Waals surface area contributed by atoms with E-state index in [1.54, 1.807) is 36.4 Å². The largest absolute Gasteiger partial charge is 0.416 e. The second-order valence-corrected chi connectivity index (χ2v) is 5.77. The zero-order valence-electron chi connectivity index (χ0n) is 14.3. The fourth-order valence-corrected chi connectivity index (χ4v) is 2.40. The van der Waals surface area contributed by atoms with Gasteiger partial charge in [-0.05, 0) is 48.5 Å². The first-order chi connectivity index (χ1) is 13.3. The smallest absolute Gasteiger partial charge is 0.320 e. The van der Waals surface area contributed by atoms with Gasteiger partial charge in [-0.2, -0.15) is 13.2 Å². The van der Waals surface area contributed by atoms with E-state index in [1.165, 1.54) is 12.4 Å². The average molecular weight is 385 g/mol. The standard InChI is InChI=1S/C20H14F3N3O2/c21-20(22,23)15-9-7-13(8-10-15)18(27)25-16-5-1-2-6-17(16)26-19(28)14-4-3-11-24-12-14/h1-12H,(H,25,27)(H,26,28). The highest BCUT2D eigenvalue weighted by atomic mass is 19.4. The summed E-state index contributed by atoms with van der Waals surface area (Å²) >= 11 is 0. The number of aromatic nitrogens is 1. The van der Waals surface area contributed by atoms with E-state index < -0.39 is 23.6 Å². The Labute approximate surface area is 158 Å². The zero-order chi connectivity index (χ0) is 20.1. The number of hydrogen-bond donors (Lipinski definition) is 2. The number of anilines is 2. The lowest BCUT2D eigenvalue weighted by molar-refractivity contribution is -0.137. The van der Waals surface area contributed by atoms with Crippen molar-refractivity contribution in [1.82, 2.24) is 4.98 Å². The molecule has 0 unspecified atom stereocenters. The van der Waals surface area contributed by atoms with Crippen LogP contribution in [0.2, 0.25) is 0 Å². The molecule has 0 radical (unpaired) electrons. The number of para-hydroxylation sites is 2. The number of amides is 2. The van der Waals surface area contributed by atoms with Crippen LogP contribution >= 0.6 is 0 Å². The van der Waals surface area contributed by atoms with Gasteiger partial charge in [-0.15, -0.1) is 0 Å². The fourth-order valence-electron chi connectivity index (χ4n) is 2.40. The van der Waals surface area contributed by atoms with Gasteiger partial charge in [0, 0.05) is 18.0 Å². The van der Waals surface area contributed by atoms with Gasteiger partial charge in [-0.25, -0.2) is 0 Å². The average Bonchev–Trinajstić information content (AvgIpc) is 2.69. The number of nitrogens with one attached hydrogen (secondary N) is 2. The fraction of sp³-hybridized carbons (Fsp3) is 0.0500. The van der Waals surface area contributed by atoms with Crippen LogP contribution in [0.25, 0.3) is 0 Å². The van der Waals surface area contributed by atoms with Crippen molar-refractivity contribution in [1.29, 1.82) is 0 Å². The molecule has 0 saturated heterocycles. The summed E-state index contributed by atoms with van der Waals surface area (Å²) in [6.45, 7) is 0. The molecule has 0 fully saturated rings. The maximum absolute atomic E-state index is 12.6. The molecule has 0 bridgehead atoms. The maximum Gasteiger partial charge on any atom is 0.416 e. The van der Waals surface area contributed by atoms with Crippen LogP contribution in [0.3, 0.4) is 0 Å². The maximum atomic E-state index is 12.6. The van der Waals surface area contributed by atoms with Crippen LogP contribution in [0.5, 0.6) is 0 Å². The van der Waals surface area contributed by atoms with Crippen molar-refractivity contribution in [3.63, 3.8) is 0 Å². The van der Waals surface area contributed by atoms with Gasteiger partial charge >= 0.3 is 6.18 Å². The predicted molar refractivity (Wildman–Crippen MR) is 98.0 cm³/mol. The summed E-state index contributed by atoms with van der Waals surface area (Å²) in [6.07, 6.45) is -1.54. The summed E-state index contributed by atoms with van der Waals surface area (Å²) in [5.41, 5.74) is 0.210. The number of rotatable bonds is 4. The first kappa shape index (κ1) is 19.1. The first-order valence-electron chi connectivity index (χ1n) is 8.13. The number of halogens is 3. The van der Waals surface area contributed by atoms with Crippen molar-refractivity contribution in [3.8, 4) is 0 Å². The van der Waals surface area contributed by atoms with Crippen LogP contribution in [0.4, 0.5) is 24.5 Å². The van der Waals surface area contributed by atoms with Gasteiger partial charge < -0.3 is 10.6 Å². The molecule has 0 aliphatic rings. The molecule has 0 aliphatic heterocycles. The van der Waals surface area contributed by atoms with Gasteiger partial charge in [0.2, 0.25) is 0 Å². The summed E-state index contributed by atoms with van der Waals surface area (Å²) in [5, 5.41) is 5.26. The van der Waals surface area contributed by atoms with E-state index in [0.29, 0.717) is 16.9 Å². The topological polar surface area (TPSA) is 71.1 Å². The molecule has 0 saturated carbocycles. The molecule has 8 heteroatoms. The molecule has 28 heavy (non-hydrogen) atoms. The molecule has 0 spiro atoms. The van der Waals surface area contributed by atoms with E-state index in [9.17, 15) is 22.8 Å². The highest BCUT2D eigenvalue weighted by molar-refractivity contribution is 6.09. The molecule has 0 aliphatic carbocycles. The Morgan fingerprint density at radius 3 is 1.82 bits per heavy atom. The number of carbonyl (C=O) groups is 2. The molecule has 0 atom stereocenters. The van der Waals surface area contributed by atoms with Crippen LogP contribution in [-0.4, -0.2) is 16.8 Å². The SMILES string of the molecule is O=C(Nc1ccccc1NC(=O)c1cccnc1)c1ccc(C(F)(F)F)cc1. The molecule has 3 aromatic rings. The Kier molecular flexibility index (Phi) is 5.39. The highest BCUT2D eigenvalue weighted by Crippen LogP contribution is 2.29. The second-order valence-electron chi connectivity index (χ2n) is 5.77. The molecule has 2 amide bonds. The van der Waals surface area contributed by atoms with E-state index in [1.807, 2.05) is 0 Å². The highest BCUT2D eigenvalue weighted by Gasteiger charge is 2.30. The lowest BCUT2D eigenvalue weighted by Crippen LogP contribution is -2.17. The molecule has 2 aromatic carbocycles. The summed E-state index contributed by atoms with van der Waals surface area (Å²) in [6, 6.07) is 13.6. The van der Waals surface area contributed by atoms with Crippen LogP contribution in [0.1, 0.15) is 26.3 Å². The number of benzene rings is 2. The number of hydrogen-bond acceptors (Lipinski definition) is 3. The lowest BCUT2D eigenvalue weighted by Gasteiger charge is -2.13. The van der Waals surface area contributed by atoms with E-state index in [4.69, 9.17) is 0 Å². The van der Waals surface area contributed by atoms with Crippen molar-refractivity contribution in [2.24, 2.45) is 0 Å². The summed E-state index contributed by atoms with van der Waals surface area (Å²) in [5.74, 6) is -1.01.